The molecule has 0 aromatic carbocycles. The van der Waals surface area contributed by atoms with Crippen LogP contribution < -0.4 is 5.32 Å². The maximum absolute atomic E-state index is 12.3. The minimum absolute atomic E-state index is 0.0622. The fourth-order valence-corrected chi connectivity index (χ4v) is 6.11. The van der Waals surface area contributed by atoms with E-state index in [-0.39, 0.29) is 19.1 Å². The van der Waals surface area contributed by atoms with Gasteiger partial charge in [0.05, 0.1) is 39.9 Å². The molecular weight excluding hydrogens is 599 g/mol. The summed E-state index contributed by atoms with van der Waals surface area (Å²) in [5.74, 6) is -0.212. The number of rotatable bonds is 34. The van der Waals surface area contributed by atoms with Crippen LogP contribution in [0.4, 0.5) is 0 Å². The Kier molecular flexibility index (Phi) is 29.8. The van der Waals surface area contributed by atoms with Crippen molar-refractivity contribution in [2.75, 3.05) is 40.9 Å². The topological polar surface area (TPSA) is 105 Å². The quantitative estimate of drug-likeness (QED) is 0.0272. The first-order valence-corrected chi connectivity index (χ1v) is 20.6. The Morgan fingerprint density at radius 3 is 1.59 bits per heavy atom. The predicted octanol–water partition coefficient (Wildman–Crippen LogP) is 9.63. The number of allylic oxidation sites excluding steroid dienone is 1. The fraction of sp³-hybridized carbons (Fsp3) is 0.919. The van der Waals surface area contributed by atoms with E-state index in [2.05, 4.69) is 12.2 Å². The van der Waals surface area contributed by atoms with E-state index in [0.29, 0.717) is 17.4 Å². The molecule has 3 N–H and O–H groups in total. The lowest BCUT2D eigenvalue weighted by atomic mass is 10.0. The molecule has 1 amide bonds. The van der Waals surface area contributed by atoms with E-state index < -0.39 is 20.0 Å². The van der Waals surface area contributed by atoms with Crippen molar-refractivity contribution < 1.29 is 32.9 Å². The van der Waals surface area contributed by atoms with E-state index in [1.165, 1.54) is 116 Å². The lowest BCUT2D eigenvalue weighted by Crippen LogP contribution is -2.45. The van der Waals surface area contributed by atoms with E-state index >= 15 is 0 Å². The molecule has 0 bridgehead atoms. The van der Waals surface area contributed by atoms with E-state index in [1.807, 2.05) is 34.1 Å². The van der Waals surface area contributed by atoms with Gasteiger partial charge in [-0.15, -0.1) is 0 Å². The molecule has 274 valence electrons. The summed E-state index contributed by atoms with van der Waals surface area (Å²) in [7, 11) is 1.57. The molecule has 9 heteroatoms. The lowest BCUT2D eigenvalue weighted by molar-refractivity contribution is -0.870. The maximum Gasteiger partial charge on any atom is 0.472 e. The molecule has 3 atom stereocenters. The number of hydrogen-bond acceptors (Lipinski definition) is 5. The van der Waals surface area contributed by atoms with Crippen LogP contribution in [0.15, 0.2) is 12.2 Å². The molecule has 0 radical (unpaired) electrons. The second kappa shape index (κ2) is 30.3. The van der Waals surface area contributed by atoms with Crippen LogP contribution in [0.3, 0.4) is 0 Å². The molecule has 0 aliphatic carbocycles. The normalized spacial score (nSPS) is 14.8. The van der Waals surface area contributed by atoms with Crippen molar-refractivity contribution in [2.45, 2.75) is 180 Å². The number of likely N-dealkylation sites (N-methyl/N-ethyl adjacent to an activating group) is 1. The number of quaternary nitrogens is 1. The Bertz CT molecular complexity index is 773. The first-order valence-electron chi connectivity index (χ1n) is 19.1. The zero-order valence-electron chi connectivity index (χ0n) is 30.8. The number of unbranched alkanes of at least 4 members (excludes halogenated alkanes) is 21. The first kappa shape index (κ1) is 45.2. The van der Waals surface area contributed by atoms with Crippen LogP contribution in [-0.4, -0.2) is 73.4 Å². The van der Waals surface area contributed by atoms with Crippen LogP contribution in [0.5, 0.6) is 0 Å². The van der Waals surface area contributed by atoms with Crippen molar-refractivity contribution in [3.05, 3.63) is 12.2 Å². The summed E-state index contributed by atoms with van der Waals surface area (Å²) in [6, 6.07) is -0.835. The van der Waals surface area contributed by atoms with Gasteiger partial charge < -0.3 is 19.8 Å². The van der Waals surface area contributed by atoms with Gasteiger partial charge in [-0.25, -0.2) is 4.57 Å². The van der Waals surface area contributed by atoms with Gasteiger partial charge in [-0.2, -0.15) is 0 Å². The van der Waals surface area contributed by atoms with E-state index in [9.17, 15) is 19.4 Å². The smallest absolute Gasteiger partial charge is 0.387 e. The van der Waals surface area contributed by atoms with Gasteiger partial charge in [-0.05, 0) is 19.3 Å². The van der Waals surface area contributed by atoms with Gasteiger partial charge in [0.25, 0.3) is 0 Å². The molecule has 0 saturated carbocycles. The zero-order valence-corrected chi connectivity index (χ0v) is 31.7. The number of phosphoric ester groups is 1. The van der Waals surface area contributed by atoms with Crippen molar-refractivity contribution >= 4 is 13.7 Å². The summed E-state index contributed by atoms with van der Waals surface area (Å²) in [4.78, 5) is 22.4. The van der Waals surface area contributed by atoms with E-state index in [4.69, 9.17) is 9.05 Å². The third-order valence-electron chi connectivity index (χ3n) is 8.51. The Hall–Kier alpha value is -0.760. The summed E-state index contributed by atoms with van der Waals surface area (Å²) in [5, 5.41) is 13.5. The van der Waals surface area contributed by atoms with Gasteiger partial charge in [0.1, 0.15) is 13.2 Å². The minimum Gasteiger partial charge on any atom is -0.387 e. The highest BCUT2D eigenvalue weighted by molar-refractivity contribution is 7.47. The van der Waals surface area contributed by atoms with Crippen molar-refractivity contribution in [3.8, 4) is 0 Å². The second-order valence-electron chi connectivity index (χ2n) is 14.3. The number of carbonyl (C=O) groups is 1. The zero-order chi connectivity index (χ0) is 34.4. The Morgan fingerprint density at radius 1 is 0.717 bits per heavy atom. The fourth-order valence-electron chi connectivity index (χ4n) is 5.37. The van der Waals surface area contributed by atoms with Crippen molar-refractivity contribution in [2.24, 2.45) is 0 Å². The molecule has 0 fully saturated rings. The predicted molar refractivity (Wildman–Crippen MR) is 194 cm³/mol. The summed E-state index contributed by atoms with van der Waals surface area (Å²) in [6.45, 7) is 4.57. The summed E-state index contributed by atoms with van der Waals surface area (Å²) >= 11 is 0. The van der Waals surface area contributed by atoms with Crippen LogP contribution in [0.1, 0.15) is 168 Å². The molecule has 0 aliphatic heterocycles. The van der Waals surface area contributed by atoms with Crippen LogP contribution in [0.2, 0.25) is 0 Å². The van der Waals surface area contributed by atoms with Gasteiger partial charge in [0.15, 0.2) is 0 Å². The number of nitrogens with zero attached hydrogens (tertiary/aromatic N) is 1. The number of nitrogens with one attached hydrogen (secondary N) is 1. The standard InChI is InChI=1S/C37H75N2O6P/c1-6-8-10-11-12-13-14-15-16-17-18-19-20-21-22-23-24-25-26-27-28-29-30-36(40)35(38-37(41)31-9-7-2)34-45-46(42,43)44-33-32-39(3,4)5/h29-30,35-36,40H,6-28,31-34H2,1-5H3,(H-,38,41,42,43)/p+1/b30-29+. The third kappa shape index (κ3) is 31.8. The Labute approximate surface area is 284 Å². The van der Waals surface area contributed by atoms with Gasteiger partial charge in [-0.3, -0.25) is 13.8 Å². The number of amides is 1. The van der Waals surface area contributed by atoms with Gasteiger partial charge in [0, 0.05) is 6.42 Å². The number of aliphatic hydroxyl groups excluding tert-OH is 1. The highest BCUT2D eigenvalue weighted by Gasteiger charge is 2.27. The molecule has 0 aliphatic rings. The van der Waals surface area contributed by atoms with E-state index in [1.54, 1.807) is 6.08 Å². The van der Waals surface area contributed by atoms with Gasteiger partial charge in [0.2, 0.25) is 5.91 Å². The number of hydrogen-bond donors (Lipinski definition) is 3. The van der Waals surface area contributed by atoms with Crippen LogP contribution in [0.25, 0.3) is 0 Å². The SMILES string of the molecule is CCCCCCCCCCCCCCCCCCCCCC/C=C/C(O)C(COP(=O)(O)OCC[N+](C)(C)C)NC(=O)CCCC. The summed E-state index contributed by atoms with van der Waals surface area (Å²) in [6.07, 6.45) is 32.5. The maximum atomic E-state index is 12.3. The Morgan fingerprint density at radius 2 is 1.15 bits per heavy atom. The van der Waals surface area contributed by atoms with Crippen molar-refractivity contribution in [3.63, 3.8) is 0 Å². The molecule has 0 spiro atoms. The van der Waals surface area contributed by atoms with Crippen LogP contribution in [0, 0.1) is 0 Å². The van der Waals surface area contributed by atoms with Crippen molar-refractivity contribution in [1.29, 1.82) is 0 Å². The monoisotopic (exact) mass is 676 g/mol. The summed E-state index contributed by atoms with van der Waals surface area (Å²) < 4.78 is 23.2. The highest BCUT2D eigenvalue weighted by atomic mass is 31.2. The number of carbonyl (C=O) groups excluding carboxylic acids is 1. The minimum atomic E-state index is -4.30. The van der Waals surface area contributed by atoms with Crippen LogP contribution >= 0.6 is 7.82 Å². The molecule has 8 nitrogen and oxygen atoms in total. The number of aliphatic hydroxyl groups is 1. The molecule has 46 heavy (non-hydrogen) atoms. The molecule has 0 saturated heterocycles. The highest BCUT2D eigenvalue weighted by Crippen LogP contribution is 2.43. The molecule has 0 rings (SSSR count). The lowest BCUT2D eigenvalue weighted by Gasteiger charge is -2.25. The largest absolute Gasteiger partial charge is 0.472 e. The van der Waals surface area contributed by atoms with Gasteiger partial charge >= 0.3 is 7.82 Å². The molecule has 3 unspecified atom stereocenters. The Balaban J connectivity index is 4.02. The van der Waals surface area contributed by atoms with Crippen LogP contribution in [-0.2, 0) is 18.4 Å². The molecule has 0 aromatic rings. The summed E-state index contributed by atoms with van der Waals surface area (Å²) in [5.41, 5.74) is 0. The molecule has 0 heterocycles. The average Bonchev–Trinajstić information content (AvgIpc) is 2.99. The third-order valence-corrected chi connectivity index (χ3v) is 9.49. The van der Waals surface area contributed by atoms with Gasteiger partial charge in [-0.1, -0.05) is 154 Å². The molecule has 0 aromatic heterocycles. The average molecular weight is 676 g/mol. The molecular formula is C37H76N2O6P+. The van der Waals surface area contributed by atoms with Crippen molar-refractivity contribution in [1.82, 2.24) is 5.32 Å². The number of phosphoric acid groups is 1. The second-order valence-corrected chi connectivity index (χ2v) is 15.8. The van der Waals surface area contributed by atoms with E-state index in [0.717, 1.165) is 32.1 Å². The first-order chi connectivity index (χ1) is 22.0.